The highest BCUT2D eigenvalue weighted by atomic mass is 32.2. The van der Waals surface area contributed by atoms with Crippen molar-refractivity contribution in [1.29, 1.82) is 0 Å². The fraction of sp³-hybridized carbons (Fsp3) is 0.238. The van der Waals surface area contributed by atoms with Crippen LogP contribution in [-0.4, -0.2) is 40.9 Å². The molecule has 0 spiro atoms. The number of rotatable bonds is 8. The predicted molar refractivity (Wildman–Crippen MR) is 109 cm³/mol. The first-order valence-electron chi connectivity index (χ1n) is 8.75. The van der Waals surface area contributed by atoms with Crippen LogP contribution in [-0.2, 0) is 19.6 Å². The van der Waals surface area contributed by atoms with Crippen molar-refractivity contribution in [3.8, 4) is 5.75 Å². The quantitative estimate of drug-likeness (QED) is 0.403. The average molecular weight is 417 g/mol. The van der Waals surface area contributed by atoms with Crippen LogP contribution in [0.25, 0.3) is 6.08 Å². The van der Waals surface area contributed by atoms with Gasteiger partial charge in [-0.15, -0.1) is 0 Å². The Bertz CT molecular complexity index is 1060. The fourth-order valence-electron chi connectivity index (χ4n) is 2.58. The smallest absolute Gasteiger partial charge is 0.331 e. The molecule has 1 N–H and O–H groups in total. The van der Waals surface area contributed by atoms with Crippen LogP contribution < -0.4 is 9.46 Å². The number of esters is 1. The summed E-state index contributed by atoms with van der Waals surface area (Å²) in [5.41, 5.74) is 2.72. The van der Waals surface area contributed by atoms with E-state index in [1.807, 2.05) is 26.0 Å². The average Bonchev–Trinajstić information content (AvgIpc) is 2.71. The number of methoxy groups -OCH3 is 1. The van der Waals surface area contributed by atoms with Gasteiger partial charge < -0.3 is 9.47 Å². The summed E-state index contributed by atoms with van der Waals surface area (Å²) in [6.45, 7) is 3.31. The van der Waals surface area contributed by atoms with E-state index in [0.29, 0.717) is 11.1 Å². The molecule has 0 unspecified atom stereocenters. The summed E-state index contributed by atoms with van der Waals surface area (Å²) in [6, 6.07) is 9.94. The van der Waals surface area contributed by atoms with E-state index < -0.39 is 16.0 Å². The number of sulfonamides is 1. The third-order valence-corrected chi connectivity index (χ3v) is 5.63. The van der Waals surface area contributed by atoms with Crippen molar-refractivity contribution in [2.45, 2.75) is 18.7 Å². The van der Waals surface area contributed by atoms with Crippen molar-refractivity contribution in [3.63, 3.8) is 0 Å². The van der Waals surface area contributed by atoms with E-state index in [-0.39, 0.29) is 23.0 Å². The van der Waals surface area contributed by atoms with Gasteiger partial charge in [0.25, 0.3) is 0 Å². The molecule has 8 heteroatoms. The van der Waals surface area contributed by atoms with Gasteiger partial charge in [-0.3, -0.25) is 4.79 Å². The Morgan fingerprint density at radius 1 is 1.10 bits per heavy atom. The second kappa shape index (κ2) is 9.49. The molecule has 0 atom stereocenters. The third-order valence-electron chi connectivity index (χ3n) is 4.20. The van der Waals surface area contributed by atoms with Gasteiger partial charge in [-0.2, -0.15) is 0 Å². The standard InChI is InChI=1S/C21H23NO6S/c1-14-5-6-15(2)17(11-14)18(23)13-28-21(24)10-8-16-7-9-19(27-4)20(12-16)29(25,26)22-3/h5-12,22H,13H2,1-4H3/b10-8+. The van der Waals surface area contributed by atoms with Crippen LogP contribution in [0.5, 0.6) is 5.75 Å². The molecule has 0 amide bonds. The molecule has 29 heavy (non-hydrogen) atoms. The number of Topliss-reactive ketones (excluding diaryl/α,β-unsaturated/α-hetero) is 1. The Labute approximate surface area is 170 Å². The summed E-state index contributed by atoms with van der Waals surface area (Å²) in [5, 5.41) is 0. The molecule has 0 aliphatic heterocycles. The van der Waals surface area contributed by atoms with Crippen LogP contribution in [0.3, 0.4) is 0 Å². The third kappa shape index (κ3) is 5.75. The van der Waals surface area contributed by atoms with Gasteiger partial charge in [-0.05, 0) is 56.3 Å². The zero-order chi connectivity index (χ0) is 21.6. The highest BCUT2D eigenvalue weighted by molar-refractivity contribution is 7.89. The molecule has 7 nitrogen and oxygen atoms in total. The first-order valence-corrected chi connectivity index (χ1v) is 10.2. The first kappa shape index (κ1) is 22.3. The van der Waals surface area contributed by atoms with Gasteiger partial charge in [0, 0.05) is 11.6 Å². The Hall–Kier alpha value is -2.97. The maximum atomic E-state index is 12.3. The second-order valence-corrected chi connectivity index (χ2v) is 8.16. The summed E-state index contributed by atoms with van der Waals surface area (Å²) >= 11 is 0. The summed E-state index contributed by atoms with van der Waals surface area (Å²) in [4.78, 5) is 24.2. The van der Waals surface area contributed by atoms with Crippen LogP contribution in [0.4, 0.5) is 0 Å². The van der Waals surface area contributed by atoms with Crippen LogP contribution in [0.1, 0.15) is 27.0 Å². The highest BCUT2D eigenvalue weighted by Gasteiger charge is 2.18. The van der Waals surface area contributed by atoms with Gasteiger partial charge in [0.05, 0.1) is 7.11 Å². The molecule has 0 bridgehead atoms. The molecule has 2 rings (SSSR count). The number of nitrogens with one attached hydrogen (secondary N) is 1. The lowest BCUT2D eigenvalue weighted by atomic mass is 10.0. The normalized spacial score (nSPS) is 11.4. The largest absolute Gasteiger partial charge is 0.495 e. The molecule has 0 aliphatic carbocycles. The van der Waals surface area contributed by atoms with Gasteiger partial charge in [-0.1, -0.05) is 23.8 Å². The minimum atomic E-state index is -3.73. The second-order valence-electron chi connectivity index (χ2n) is 6.30. The monoisotopic (exact) mass is 417 g/mol. The summed E-state index contributed by atoms with van der Waals surface area (Å²) in [7, 11) is -1.07. The molecule has 2 aromatic carbocycles. The van der Waals surface area contributed by atoms with Crippen molar-refractivity contribution in [3.05, 3.63) is 64.7 Å². The fourth-order valence-corrected chi connectivity index (χ4v) is 3.51. The Kier molecular flexibility index (Phi) is 7.30. The minimum absolute atomic E-state index is 0.0527. The number of carbonyl (C=O) groups excluding carboxylic acids is 2. The summed E-state index contributed by atoms with van der Waals surface area (Å²) in [6.07, 6.45) is 2.53. The molecular formula is C21H23NO6S. The lowest BCUT2D eigenvalue weighted by Crippen LogP contribution is -2.19. The molecule has 0 saturated heterocycles. The molecule has 0 radical (unpaired) electrons. The minimum Gasteiger partial charge on any atom is -0.495 e. The van der Waals surface area contributed by atoms with Crippen LogP contribution in [0, 0.1) is 13.8 Å². The molecule has 0 aliphatic rings. The SMILES string of the molecule is CNS(=O)(=O)c1cc(/C=C/C(=O)OCC(=O)c2cc(C)ccc2C)ccc1OC. The highest BCUT2D eigenvalue weighted by Crippen LogP contribution is 2.25. The van der Waals surface area contributed by atoms with Crippen molar-refractivity contribution >= 4 is 27.9 Å². The Balaban J connectivity index is 2.08. The first-order chi connectivity index (χ1) is 13.7. The lowest BCUT2D eigenvalue weighted by molar-refractivity contribution is -0.136. The van der Waals surface area contributed by atoms with Gasteiger partial charge >= 0.3 is 5.97 Å². The zero-order valence-electron chi connectivity index (χ0n) is 16.7. The number of ketones is 1. The van der Waals surface area contributed by atoms with E-state index in [0.717, 1.165) is 17.2 Å². The van der Waals surface area contributed by atoms with Gasteiger partial charge in [-0.25, -0.2) is 17.9 Å². The number of carbonyl (C=O) groups is 2. The van der Waals surface area contributed by atoms with Crippen molar-refractivity contribution in [2.24, 2.45) is 0 Å². The number of aryl methyl sites for hydroxylation is 2. The van der Waals surface area contributed by atoms with E-state index in [2.05, 4.69) is 4.72 Å². The van der Waals surface area contributed by atoms with E-state index >= 15 is 0 Å². The molecule has 0 saturated carbocycles. The number of hydrogen-bond donors (Lipinski definition) is 1. The number of hydrogen-bond acceptors (Lipinski definition) is 6. The maximum Gasteiger partial charge on any atom is 0.331 e. The van der Waals surface area contributed by atoms with E-state index in [4.69, 9.17) is 9.47 Å². The number of benzene rings is 2. The molecule has 154 valence electrons. The summed E-state index contributed by atoms with van der Waals surface area (Å²) < 4.78 is 36.5. The molecule has 0 fully saturated rings. The van der Waals surface area contributed by atoms with Crippen molar-refractivity contribution < 1.29 is 27.5 Å². The van der Waals surface area contributed by atoms with E-state index in [1.54, 1.807) is 12.1 Å². The van der Waals surface area contributed by atoms with Gasteiger partial charge in [0.1, 0.15) is 10.6 Å². The van der Waals surface area contributed by atoms with Crippen LogP contribution >= 0.6 is 0 Å². The molecule has 0 heterocycles. The molecular weight excluding hydrogens is 394 g/mol. The van der Waals surface area contributed by atoms with E-state index in [1.165, 1.54) is 32.4 Å². The van der Waals surface area contributed by atoms with Crippen molar-refractivity contribution in [2.75, 3.05) is 20.8 Å². The van der Waals surface area contributed by atoms with E-state index in [9.17, 15) is 18.0 Å². The van der Waals surface area contributed by atoms with Crippen LogP contribution in [0.2, 0.25) is 0 Å². The van der Waals surface area contributed by atoms with Crippen molar-refractivity contribution in [1.82, 2.24) is 4.72 Å². The summed E-state index contributed by atoms with van der Waals surface area (Å²) in [5.74, 6) is -0.824. The zero-order valence-corrected chi connectivity index (χ0v) is 17.5. The topological polar surface area (TPSA) is 98.8 Å². The molecule has 2 aromatic rings. The Morgan fingerprint density at radius 2 is 1.83 bits per heavy atom. The molecule has 0 aromatic heterocycles. The van der Waals surface area contributed by atoms with Crippen LogP contribution in [0.15, 0.2) is 47.4 Å². The predicted octanol–water partition coefficient (Wildman–Crippen LogP) is 2.66. The number of ether oxygens (including phenoxy) is 2. The lowest BCUT2D eigenvalue weighted by Gasteiger charge is -2.09. The maximum absolute atomic E-state index is 12.3. The van der Waals surface area contributed by atoms with Gasteiger partial charge in [0.2, 0.25) is 15.8 Å². The van der Waals surface area contributed by atoms with Gasteiger partial charge in [0.15, 0.2) is 6.61 Å². The Morgan fingerprint density at radius 3 is 2.48 bits per heavy atom.